The summed E-state index contributed by atoms with van der Waals surface area (Å²) in [4.78, 5) is 34.9. The van der Waals surface area contributed by atoms with Crippen LogP contribution in [0.1, 0.15) is 5.56 Å². The molecule has 0 aromatic heterocycles. The first-order valence-electron chi connectivity index (χ1n) is 5.72. The maximum absolute atomic E-state index is 11.8. The van der Waals surface area contributed by atoms with Crippen LogP contribution in [0.2, 0.25) is 0 Å². The van der Waals surface area contributed by atoms with E-state index in [2.05, 4.69) is 0 Å². The molecule has 0 bridgehead atoms. The number of nitrogens with zero attached hydrogens (tertiary/aromatic N) is 1. The molecule has 1 aliphatic rings. The lowest BCUT2D eigenvalue weighted by atomic mass is 10.2. The SMILES string of the molecule is CN1C(=O)S/C(=C\c2ccc(OCC(=O)[O-])c(I)c2)C1=O. The fraction of sp³-hybridized carbons (Fsp3) is 0.154. The van der Waals surface area contributed by atoms with Gasteiger partial charge in [-0.2, -0.15) is 0 Å². The van der Waals surface area contributed by atoms with E-state index >= 15 is 0 Å². The van der Waals surface area contributed by atoms with Crippen molar-refractivity contribution in [3.63, 3.8) is 0 Å². The van der Waals surface area contributed by atoms with Gasteiger partial charge in [0.2, 0.25) is 0 Å². The van der Waals surface area contributed by atoms with Gasteiger partial charge >= 0.3 is 0 Å². The summed E-state index contributed by atoms with van der Waals surface area (Å²) in [6, 6.07) is 5.01. The highest BCUT2D eigenvalue weighted by Gasteiger charge is 2.31. The van der Waals surface area contributed by atoms with Crippen LogP contribution in [-0.4, -0.2) is 35.7 Å². The molecule has 6 nitrogen and oxygen atoms in total. The number of hydrogen-bond acceptors (Lipinski definition) is 6. The molecular formula is C13H9INO5S-. The van der Waals surface area contributed by atoms with Crippen LogP contribution in [0.4, 0.5) is 4.79 Å². The van der Waals surface area contributed by atoms with E-state index in [-0.39, 0.29) is 11.1 Å². The van der Waals surface area contributed by atoms with Crippen LogP contribution in [-0.2, 0) is 9.59 Å². The number of hydrogen-bond donors (Lipinski definition) is 0. The molecule has 1 aromatic carbocycles. The molecule has 21 heavy (non-hydrogen) atoms. The smallest absolute Gasteiger partial charge is 0.293 e. The highest BCUT2D eigenvalue weighted by Crippen LogP contribution is 2.32. The molecule has 0 atom stereocenters. The van der Waals surface area contributed by atoms with Crippen LogP contribution in [0.15, 0.2) is 23.1 Å². The van der Waals surface area contributed by atoms with Gasteiger partial charge in [-0.3, -0.25) is 14.5 Å². The van der Waals surface area contributed by atoms with Gasteiger partial charge in [-0.1, -0.05) is 6.07 Å². The van der Waals surface area contributed by atoms with E-state index in [0.717, 1.165) is 22.2 Å². The van der Waals surface area contributed by atoms with Crippen LogP contribution in [0, 0.1) is 3.57 Å². The Labute approximate surface area is 138 Å². The number of carbonyl (C=O) groups excluding carboxylic acids is 3. The molecule has 1 saturated heterocycles. The van der Waals surface area contributed by atoms with Crippen LogP contribution >= 0.6 is 34.4 Å². The number of likely N-dealkylation sites (N-methyl/N-ethyl adjacent to an activating group) is 1. The van der Waals surface area contributed by atoms with Crippen molar-refractivity contribution in [3.05, 3.63) is 32.2 Å². The zero-order valence-corrected chi connectivity index (χ0v) is 13.8. The first-order chi connectivity index (χ1) is 9.88. The zero-order valence-electron chi connectivity index (χ0n) is 10.8. The third-order valence-corrected chi connectivity index (χ3v) is 4.39. The number of benzene rings is 1. The van der Waals surface area contributed by atoms with Crippen LogP contribution in [0.3, 0.4) is 0 Å². The van der Waals surface area contributed by atoms with Crippen molar-refractivity contribution in [2.75, 3.05) is 13.7 Å². The third kappa shape index (κ3) is 3.76. The fourth-order valence-electron chi connectivity index (χ4n) is 1.56. The Morgan fingerprint density at radius 3 is 2.71 bits per heavy atom. The number of carboxylic acid groups (broad SMARTS) is 1. The van der Waals surface area contributed by atoms with E-state index in [4.69, 9.17) is 4.74 Å². The minimum atomic E-state index is -1.30. The van der Waals surface area contributed by atoms with Gasteiger partial charge in [0.25, 0.3) is 11.1 Å². The summed E-state index contributed by atoms with van der Waals surface area (Å²) in [7, 11) is 1.43. The number of aliphatic carboxylic acids is 1. The van der Waals surface area contributed by atoms with Gasteiger partial charge in [-0.05, 0) is 58.1 Å². The van der Waals surface area contributed by atoms with Crippen LogP contribution < -0.4 is 9.84 Å². The van der Waals surface area contributed by atoms with Gasteiger partial charge in [-0.25, -0.2) is 0 Å². The lowest BCUT2D eigenvalue weighted by molar-refractivity contribution is -0.307. The van der Waals surface area contributed by atoms with Crippen molar-refractivity contribution >= 4 is 57.5 Å². The monoisotopic (exact) mass is 418 g/mol. The molecule has 8 heteroatoms. The second-order valence-corrected chi connectivity index (χ2v) is 6.25. The maximum Gasteiger partial charge on any atom is 0.293 e. The van der Waals surface area contributed by atoms with E-state index in [1.165, 1.54) is 7.05 Å². The zero-order chi connectivity index (χ0) is 15.6. The van der Waals surface area contributed by atoms with Gasteiger partial charge in [0.15, 0.2) is 0 Å². The third-order valence-electron chi connectivity index (χ3n) is 2.59. The molecule has 1 aliphatic heterocycles. The summed E-state index contributed by atoms with van der Waals surface area (Å²) >= 11 is 2.88. The average Bonchev–Trinajstić information content (AvgIpc) is 2.65. The Hall–Kier alpha value is -1.55. The minimum absolute atomic E-state index is 0.310. The highest BCUT2D eigenvalue weighted by molar-refractivity contribution is 14.1. The molecule has 0 spiro atoms. The van der Waals surface area contributed by atoms with Crippen molar-refractivity contribution in [3.8, 4) is 5.75 Å². The summed E-state index contributed by atoms with van der Waals surface area (Å²) < 4.78 is 5.75. The molecule has 1 heterocycles. The number of carbonyl (C=O) groups is 3. The Kier molecular flexibility index (Phi) is 4.88. The Balaban J connectivity index is 2.19. The number of thioether (sulfide) groups is 1. The van der Waals surface area contributed by atoms with E-state index in [9.17, 15) is 19.5 Å². The number of carboxylic acids is 1. The van der Waals surface area contributed by atoms with Gasteiger partial charge < -0.3 is 14.6 Å². The van der Waals surface area contributed by atoms with Crippen molar-refractivity contribution in [2.24, 2.45) is 0 Å². The number of amides is 2. The van der Waals surface area contributed by atoms with Crippen LogP contribution in [0.25, 0.3) is 6.08 Å². The second-order valence-electron chi connectivity index (χ2n) is 4.09. The predicted molar refractivity (Wildman–Crippen MR) is 83.4 cm³/mol. The molecule has 0 aliphatic carbocycles. The van der Waals surface area contributed by atoms with Gasteiger partial charge in [0, 0.05) is 7.05 Å². The van der Waals surface area contributed by atoms with E-state index in [1.807, 2.05) is 22.6 Å². The molecule has 0 N–H and O–H groups in total. The highest BCUT2D eigenvalue weighted by atomic mass is 127. The number of imide groups is 1. The van der Waals surface area contributed by atoms with E-state index < -0.39 is 12.6 Å². The summed E-state index contributed by atoms with van der Waals surface area (Å²) in [5, 5.41) is 10.0. The molecule has 0 radical (unpaired) electrons. The summed E-state index contributed by atoms with van der Waals surface area (Å²) in [5.41, 5.74) is 0.721. The van der Waals surface area contributed by atoms with Crippen LogP contribution in [0.5, 0.6) is 5.75 Å². The molecule has 0 unspecified atom stereocenters. The summed E-state index contributed by atoms with van der Waals surface area (Å²) in [6.07, 6.45) is 1.61. The topological polar surface area (TPSA) is 86.7 Å². The summed E-state index contributed by atoms with van der Waals surface area (Å²) in [5.74, 6) is -1.22. The number of rotatable bonds is 4. The Bertz CT molecular complexity index is 658. The van der Waals surface area contributed by atoms with Gasteiger partial charge in [0.1, 0.15) is 12.4 Å². The van der Waals surface area contributed by atoms with Crippen molar-refractivity contribution < 1.29 is 24.2 Å². The van der Waals surface area contributed by atoms with Crippen molar-refractivity contribution in [1.29, 1.82) is 0 Å². The Morgan fingerprint density at radius 1 is 1.48 bits per heavy atom. The summed E-state index contributed by atoms with van der Waals surface area (Å²) in [6.45, 7) is -0.524. The molecule has 2 amide bonds. The van der Waals surface area contributed by atoms with Crippen molar-refractivity contribution in [2.45, 2.75) is 0 Å². The minimum Gasteiger partial charge on any atom is -0.546 e. The van der Waals surface area contributed by atoms with E-state index in [1.54, 1.807) is 24.3 Å². The molecule has 1 fully saturated rings. The fourth-order valence-corrected chi connectivity index (χ4v) is 3.08. The number of halogens is 1. The number of ether oxygens (including phenoxy) is 1. The van der Waals surface area contributed by atoms with Gasteiger partial charge in [-0.15, -0.1) is 0 Å². The molecule has 110 valence electrons. The average molecular weight is 418 g/mol. The first-order valence-corrected chi connectivity index (χ1v) is 7.62. The molecule has 0 saturated carbocycles. The predicted octanol–water partition coefficient (Wildman–Crippen LogP) is 1.09. The first kappa shape index (κ1) is 15.8. The lowest BCUT2D eigenvalue weighted by Crippen LogP contribution is -2.29. The van der Waals surface area contributed by atoms with E-state index in [0.29, 0.717) is 14.2 Å². The normalized spacial score (nSPS) is 16.7. The lowest BCUT2D eigenvalue weighted by Gasteiger charge is -2.09. The molecular weight excluding hydrogens is 409 g/mol. The largest absolute Gasteiger partial charge is 0.546 e. The molecule has 2 rings (SSSR count). The molecule has 1 aromatic rings. The van der Waals surface area contributed by atoms with Crippen molar-refractivity contribution in [1.82, 2.24) is 4.90 Å². The van der Waals surface area contributed by atoms with Gasteiger partial charge in [0.05, 0.1) is 14.4 Å². The quantitative estimate of drug-likeness (QED) is 0.538. The maximum atomic E-state index is 11.8. The second kappa shape index (κ2) is 6.48. The Morgan fingerprint density at radius 2 is 2.19 bits per heavy atom. The standard InChI is InChI=1S/C13H10INO5S/c1-15-12(18)10(21-13(15)19)5-7-2-3-9(8(14)4-7)20-6-11(16)17/h2-5H,6H2,1H3,(H,16,17)/p-1/b10-5-.